The van der Waals surface area contributed by atoms with E-state index in [0.717, 1.165) is 13.1 Å². The van der Waals surface area contributed by atoms with Crippen molar-refractivity contribution in [3.05, 3.63) is 0 Å². The molecule has 3 fully saturated rings. The lowest BCUT2D eigenvalue weighted by molar-refractivity contribution is -0.129. The van der Waals surface area contributed by atoms with Crippen LogP contribution in [-0.4, -0.2) is 61.3 Å². The Hall–Kier alpha value is -0.360. The zero-order chi connectivity index (χ0) is 16.1. The van der Waals surface area contributed by atoms with Crippen molar-refractivity contribution in [1.29, 1.82) is 0 Å². The van der Waals surface area contributed by atoms with E-state index in [9.17, 15) is 4.79 Å². The van der Waals surface area contributed by atoms with Crippen LogP contribution >= 0.6 is 12.4 Å². The van der Waals surface area contributed by atoms with Gasteiger partial charge in [-0.05, 0) is 45.7 Å². The first-order valence-electron chi connectivity index (χ1n) is 9.59. The van der Waals surface area contributed by atoms with Gasteiger partial charge in [-0.15, -0.1) is 12.4 Å². The van der Waals surface area contributed by atoms with Crippen LogP contribution in [0.25, 0.3) is 0 Å². The van der Waals surface area contributed by atoms with Crippen LogP contribution in [0.3, 0.4) is 0 Å². The van der Waals surface area contributed by atoms with Gasteiger partial charge in [0.15, 0.2) is 0 Å². The smallest absolute Gasteiger partial charge is 0.239 e. The van der Waals surface area contributed by atoms with Gasteiger partial charge in [0.05, 0.1) is 12.7 Å². The quantitative estimate of drug-likeness (QED) is 0.807. The van der Waals surface area contributed by atoms with E-state index < -0.39 is 0 Å². The summed E-state index contributed by atoms with van der Waals surface area (Å²) in [5, 5.41) is 6.57. The highest BCUT2D eigenvalue weighted by molar-refractivity contribution is 5.85. The maximum atomic E-state index is 12.6. The number of morpholine rings is 1. The van der Waals surface area contributed by atoms with Crippen LogP contribution in [-0.2, 0) is 9.53 Å². The maximum Gasteiger partial charge on any atom is 0.239 e. The largest absolute Gasteiger partial charge is 0.375 e. The molecular formula is C18H34ClN3O2. The molecule has 1 aliphatic carbocycles. The highest BCUT2D eigenvalue weighted by atomic mass is 35.5. The van der Waals surface area contributed by atoms with Gasteiger partial charge in [-0.25, -0.2) is 0 Å². The minimum absolute atomic E-state index is 0. The molecule has 3 aliphatic rings. The molecule has 2 atom stereocenters. The second kappa shape index (κ2) is 9.37. The van der Waals surface area contributed by atoms with Crippen molar-refractivity contribution in [2.24, 2.45) is 0 Å². The van der Waals surface area contributed by atoms with Crippen LogP contribution in [0.4, 0.5) is 0 Å². The number of nitrogens with one attached hydrogen (secondary N) is 2. The van der Waals surface area contributed by atoms with Gasteiger partial charge in [-0.1, -0.05) is 25.7 Å². The third kappa shape index (κ3) is 4.63. The van der Waals surface area contributed by atoms with E-state index in [2.05, 4.69) is 15.5 Å². The zero-order valence-corrected chi connectivity index (χ0v) is 15.8. The second-order valence-electron chi connectivity index (χ2n) is 7.56. The number of nitrogens with zero attached hydrogens (tertiary/aromatic N) is 1. The van der Waals surface area contributed by atoms with Crippen molar-refractivity contribution >= 4 is 18.3 Å². The number of carbonyl (C=O) groups is 1. The number of hydrogen-bond donors (Lipinski definition) is 2. The number of likely N-dealkylation sites (tertiary alicyclic amines) is 1. The molecule has 1 amide bonds. The van der Waals surface area contributed by atoms with E-state index in [4.69, 9.17) is 4.74 Å². The van der Waals surface area contributed by atoms with Crippen LogP contribution in [0.2, 0.25) is 0 Å². The molecule has 1 saturated carbocycles. The third-order valence-corrected chi connectivity index (χ3v) is 6.00. The zero-order valence-electron chi connectivity index (χ0n) is 15.0. The van der Waals surface area contributed by atoms with Gasteiger partial charge in [0.1, 0.15) is 6.04 Å². The summed E-state index contributed by atoms with van der Waals surface area (Å²) in [5.41, 5.74) is 0.201. The SMILES string of the molecule is C[C@H]1OCCN[C@@H]1C(=O)NCC1(N2CCCCC2)CCCCC1.Cl. The van der Waals surface area contributed by atoms with Crippen LogP contribution in [0, 0.1) is 0 Å². The Morgan fingerprint density at radius 3 is 2.50 bits per heavy atom. The van der Waals surface area contributed by atoms with Gasteiger partial charge < -0.3 is 15.4 Å². The molecule has 5 nitrogen and oxygen atoms in total. The molecule has 2 heterocycles. The molecule has 0 aromatic heterocycles. The van der Waals surface area contributed by atoms with E-state index in [1.807, 2.05) is 6.92 Å². The van der Waals surface area contributed by atoms with Crippen LogP contribution in [0.5, 0.6) is 0 Å². The lowest BCUT2D eigenvalue weighted by Gasteiger charge is -2.48. The van der Waals surface area contributed by atoms with Gasteiger partial charge in [0.25, 0.3) is 0 Å². The fourth-order valence-corrected chi connectivity index (χ4v) is 4.57. The summed E-state index contributed by atoms with van der Waals surface area (Å²) in [6, 6.07) is -0.203. The summed E-state index contributed by atoms with van der Waals surface area (Å²) >= 11 is 0. The van der Waals surface area contributed by atoms with Gasteiger partial charge in [-0.3, -0.25) is 9.69 Å². The molecule has 2 saturated heterocycles. The van der Waals surface area contributed by atoms with E-state index in [-0.39, 0.29) is 36.0 Å². The van der Waals surface area contributed by atoms with E-state index in [0.29, 0.717) is 6.61 Å². The molecule has 0 unspecified atom stereocenters. The molecule has 0 aromatic rings. The molecule has 2 aliphatic heterocycles. The first kappa shape index (κ1) is 20.0. The van der Waals surface area contributed by atoms with Crippen molar-refractivity contribution in [3.8, 4) is 0 Å². The predicted molar refractivity (Wildman–Crippen MR) is 98.7 cm³/mol. The molecule has 2 N–H and O–H groups in total. The summed E-state index contributed by atoms with van der Waals surface area (Å²) in [7, 11) is 0. The number of hydrogen-bond acceptors (Lipinski definition) is 4. The Morgan fingerprint density at radius 2 is 1.83 bits per heavy atom. The number of piperidine rings is 1. The first-order valence-corrected chi connectivity index (χ1v) is 9.59. The minimum Gasteiger partial charge on any atom is -0.375 e. The lowest BCUT2D eigenvalue weighted by atomic mass is 9.79. The molecule has 140 valence electrons. The van der Waals surface area contributed by atoms with Crippen LogP contribution in [0.15, 0.2) is 0 Å². The topological polar surface area (TPSA) is 53.6 Å². The Labute approximate surface area is 152 Å². The Morgan fingerprint density at radius 1 is 1.17 bits per heavy atom. The van der Waals surface area contributed by atoms with Gasteiger partial charge in [-0.2, -0.15) is 0 Å². The fourth-order valence-electron chi connectivity index (χ4n) is 4.57. The Balaban J connectivity index is 0.00000208. The number of halogens is 1. The maximum absolute atomic E-state index is 12.6. The number of rotatable bonds is 4. The van der Waals surface area contributed by atoms with Crippen molar-refractivity contribution in [2.75, 3.05) is 32.8 Å². The van der Waals surface area contributed by atoms with Crippen LogP contribution in [0.1, 0.15) is 58.3 Å². The molecular weight excluding hydrogens is 326 g/mol. The third-order valence-electron chi connectivity index (χ3n) is 6.00. The second-order valence-corrected chi connectivity index (χ2v) is 7.56. The summed E-state index contributed by atoms with van der Waals surface area (Å²) in [6.07, 6.45) is 10.4. The van der Waals surface area contributed by atoms with Gasteiger partial charge >= 0.3 is 0 Å². The molecule has 0 bridgehead atoms. The molecule has 0 radical (unpaired) electrons. The molecule has 6 heteroatoms. The average molecular weight is 360 g/mol. The van der Waals surface area contributed by atoms with Crippen molar-refractivity contribution in [3.63, 3.8) is 0 Å². The number of ether oxygens (including phenoxy) is 1. The first-order chi connectivity index (χ1) is 11.2. The Bertz CT molecular complexity index is 396. The normalized spacial score (nSPS) is 31.0. The monoisotopic (exact) mass is 359 g/mol. The summed E-state index contributed by atoms with van der Waals surface area (Å²) < 4.78 is 5.61. The standard InChI is InChI=1S/C18H33N3O2.ClH/c1-15-16(19-10-13-23-15)17(22)20-14-18(8-4-2-5-9-18)21-11-6-3-7-12-21;/h15-16,19H,2-14H2,1H3,(H,20,22);1H/t15-,16+;/m1./s1. The minimum atomic E-state index is -0.203. The fraction of sp³-hybridized carbons (Fsp3) is 0.944. The van der Waals surface area contributed by atoms with Gasteiger partial charge in [0, 0.05) is 18.6 Å². The molecule has 24 heavy (non-hydrogen) atoms. The number of amides is 1. The highest BCUT2D eigenvalue weighted by Gasteiger charge is 2.39. The lowest BCUT2D eigenvalue weighted by Crippen LogP contribution is -2.61. The van der Waals surface area contributed by atoms with E-state index in [1.54, 1.807) is 0 Å². The predicted octanol–water partition coefficient (Wildman–Crippen LogP) is 2.09. The van der Waals surface area contributed by atoms with Crippen molar-refractivity contribution in [2.45, 2.75) is 76.0 Å². The number of carbonyl (C=O) groups excluding carboxylic acids is 1. The van der Waals surface area contributed by atoms with Crippen molar-refractivity contribution in [1.82, 2.24) is 15.5 Å². The summed E-state index contributed by atoms with van der Waals surface area (Å²) in [5.74, 6) is 0.110. The summed E-state index contributed by atoms with van der Waals surface area (Å²) in [4.78, 5) is 15.3. The van der Waals surface area contributed by atoms with Gasteiger partial charge in [0.2, 0.25) is 5.91 Å². The summed E-state index contributed by atoms with van der Waals surface area (Å²) in [6.45, 7) is 6.66. The van der Waals surface area contributed by atoms with E-state index in [1.165, 1.54) is 64.5 Å². The van der Waals surface area contributed by atoms with E-state index >= 15 is 0 Å². The highest BCUT2D eigenvalue weighted by Crippen LogP contribution is 2.35. The molecule has 0 spiro atoms. The average Bonchev–Trinajstić information content (AvgIpc) is 2.62. The molecule has 3 rings (SSSR count). The Kier molecular flexibility index (Phi) is 7.79. The van der Waals surface area contributed by atoms with Crippen LogP contribution < -0.4 is 10.6 Å². The van der Waals surface area contributed by atoms with Crippen molar-refractivity contribution < 1.29 is 9.53 Å². The molecule has 0 aromatic carbocycles.